The summed E-state index contributed by atoms with van der Waals surface area (Å²) in [6.07, 6.45) is 7.77. The van der Waals surface area contributed by atoms with E-state index in [0.29, 0.717) is 11.5 Å². The maximum absolute atomic E-state index is 12.3. The van der Waals surface area contributed by atoms with E-state index < -0.39 is 0 Å². The van der Waals surface area contributed by atoms with Crippen LogP contribution in [0.15, 0.2) is 34.2 Å². The molecule has 0 spiro atoms. The first kappa shape index (κ1) is 17.1. The summed E-state index contributed by atoms with van der Waals surface area (Å²) in [6.45, 7) is 4.76. The summed E-state index contributed by atoms with van der Waals surface area (Å²) in [5.41, 5.74) is 0.939. The highest BCUT2D eigenvalue weighted by atomic mass is 32.2. The fourth-order valence-corrected chi connectivity index (χ4v) is 3.84. The first-order valence-corrected chi connectivity index (χ1v) is 9.59. The number of aliphatic imine (C=N–C) groups is 1. The normalized spacial score (nSPS) is 20.2. The van der Waals surface area contributed by atoms with Gasteiger partial charge in [-0.15, -0.1) is 0 Å². The molecular weight excluding hydrogens is 320 g/mol. The third kappa shape index (κ3) is 4.20. The molecule has 0 atom stereocenters. The molecule has 1 amide bonds. The van der Waals surface area contributed by atoms with Crippen LogP contribution in [0.25, 0.3) is 6.08 Å². The summed E-state index contributed by atoms with van der Waals surface area (Å²) in [7, 11) is 0. The smallest absolute Gasteiger partial charge is 0.286 e. The molecule has 0 saturated carbocycles. The zero-order chi connectivity index (χ0) is 16.8. The number of likely N-dealkylation sites (tertiary alicyclic amines) is 1. The average molecular weight is 344 g/mol. The number of amidine groups is 1. The minimum absolute atomic E-state index is 0.135. The van der Waals surface area contributed by atoms with Crippen LogP contribution < -0.4 is 4.74 Å². The quantitative estimate of drug-likeness (QED) is 0.763. The Hall–Kier alpha value is -1.75. The average Bonchev–Trinajstić information content (AvgIpc) is 2.80. The topological polar surface area (TPSA) is 41.9 Å². The van der Waals surface area contributed by atoms with Crippen molar-refractivity contribution in [2.45, 2.75) is 39.0 Å². The number of carbonyl (C=O) groups is 1. The summed E-state index contributed by atoms with van der Waals surface area (Å²) in [5.74, 6) is 0.688. The zero-order valence-electron chi connectivity index (χ0n) is 14.2. The van der Waals surface area contributed by atoms with E-state index >= 15 is 0 Å². The Labute approximate surface area is 148 Å². The van der Waals surface area contributed by atoms with Crippen LogP contribution in [0.3, 0.4) is 0 Å². The lowest BCUT2D eigenvalue weighted by Gasteiger charge is -2.20. The fourth-order valence-electron chi connectivity index (χ4n) is 2.88. The molecule has 1 fully saturated rings. The number of ether oxygens (including phenoxy) is 1. The molecule has 1 aromatic carbocycles. The molecule has 0 N–H and O–H groups in total. The first-order chi connectivity index (χ1) is 11.8. The van der Waals surface area contributed by atoms with Crippen LogP contribution >= 0.6 is 11.8 Å². The Kier molecular flexibility index (Phi) is 5.96. The van der Waals surface area contributed by atoms with Gasteiger partial charge in [-0.1, -0.05) is 38.0 Å². The van der Waals surface area contributed by atoms with Crippen molar-refractivity contribution in [2.24, 2.45) is 4.99 Å². The minimum Gasteiger partial charge on any atom is -0.493 e. The number of nitrogens with zero attached hydrogens (tertiary/aromatic N) is 2. The zero-order valence-corrected chi connectivity index (χ0v) is 15.0. The number of hydrogen-bond acceptors (Lipinski definition) is 4. The largest absolute Gasteiger partial charge is 0.493 e. The van der Waals surface area contributed by atoms with Crippen LogP contribution in [0.1, 0.15) is 44.6 Å². The lowest BCUT2D eigenvalue weighted by molar-refractivity contribution is -0.113. The molecule has 2 aliphatic rings. The molecule has 4 nitrogen and oxygen atoms in total. The molecule has 3 rings (SSSR count). The number of hydrogen-bond donors (Lipinski definition) is 0. The Bertz CT molecular complexity index is 647. The Morgan fingerprint density at radius 1 is 1.21 bits per heavy atom. The summed E-state index contributed by atoms with van der Waals surface area (Å²) < 4.78 is 5.78. The number of thioether (sulfide) groups is 1. The molecule has 0 unspecified atom stereocenters. The van der Waals surface area contributed by atoms with Gasteiger partial charge in [0, 0.05) is 18.7 Å². The molecule has 0 radical (unpaired) electrons. The van der Waals surface area contributed by atoms with E-state index in [-0.39, 0.29) is 5.91 Å². The monoisotopic (exact) mass is 344 g/mol. The summed E-state index contributed by atoms with van der Waals surface area (Å²) >= 11 is 1.49. The number of carbonyl (C=O) groups excluding carboxylic acids is 1. The number of para-hydroxylation sites is 1. The van der Waals surface area contributed by atoms with E-state index in [1.807, 2.05) is 30.3 Å². The molecule has 5 heteroatoms. The van der Waals surface area contributed by atoms with Gasteiger partial charge in [0.05, 0.1) is 11.5 Å². The van der Waals surface area contributed by atoms with Gasteiger partial charge in [-0.05, 0) is 43.2 Å². The third-order valence-corrected chi connectivity index (χ3v) is 5.20. The highest BCUT2D eigenvalue weighted by Gasteiger charge is 2.26. The summed E-state index contributed by atoms with van der Waals surface area (Å²) in [6, 6.07) is 7.85. The van der Waals surface area contributed by atoms with E-state index in [1.165, 1.54) is 37.4 Å². The van der Waals surface area contributed by atoms with Crippen molar-refractivity contribution in [2.75, 3.05) is 19.7 Å². The summed E-state index contributed by atoms with van der Waals surface area (Å²) in [4.78, 5) is 19.5. The molecule has 0 aliphatic carbocycles. The van der Waals surface area contributed by atoms with E-state index in [4.69, 9.17) is 4.74 Å². The van der Waals surface area contributed by atoms with Crippen molar-refractivity contribution >= 4 is 28.9 Å². The van der Waals surface area contributed by atoms with Crippen LogP contribution in [0, 0.1) is 0 Å². The van der Waals surface area contributed by atoms with Crippen molar-refractivity contribution in [3.63, 3.8) is 0 Å². The fraction of sp³-hybridized carbons (Fsp3) is 0.474. The molecule has 2 aliphatic heterocycles. The maximum atomic E-state index is 12.3. The van der Waals surface area contributed by atoms with E-state index in [1.54, 1.807) is 0 Å². The standard InChI is InChI=1S/C19H24N2O2S/c1-2-13-23-16-10-6-5-9-15(16)14-17-18(22)20-19(24-17)21-11-7-3-4-8-12-21/h5-6,9-10,14H,2-4,7-8,11-13H2,1H3. The third-order valence-electron chi connectivity index (χ3n) is 4.15. The number of rotatable bonds is 4. The second kappa shape index (κ2) is 8.38. The minimum atomic E-state index is -0.135. The van der Waals surface area contributed by atoms with Crippen molar-refractivity contribution in [3.05, 3.63) is 34.7 Å². The van der Waals surface area contributed by atoms with Crippen molar-refractivity contribution < 1.29 is 9.53 Å². The predicted molar refractivity (Wildman–Crippen MR) is 100 cm³/mol. The second-order valence-electron chi connectivity index (χ2n) is 6.10. The van der Waals surface area contributed by atoms with Gasteiger partial charge in [-0.25, -0.2) is 0 Å². The maximum Gasteiger partial charge on any atom is 0.286 e. The van der Waals surface area contributed by atoms with Gasteiger partial charge in [-0.2, -0.15) is 4.99 Å². The molecule has 1 saturated heterocycles. The van der Waals surface area contributed by atoms with Crippen LogP contribution in [-0.4, -0.2) is 35.7 Å². The predicted octanol–water partition coefficient (Wildman–Crippen LogP) is 4.32. The summed E-state index contributed by atoms with van der Waals surface area (Å²) in [5, 5.41) is 0.861. The van der Waals surface area contributed by atoms with E-state index in [0.717, 1.165) is 36.0 Å². The van der Waals surface area contributed by atoms with Crippen LogP contribution in [0.5, 0.6) is 5.75 Å². The highest BCUT2D eigenvalue weighted by Crippen LogP contribution is 2.33. The first-order valence-electron chi connectivity index (χ1n) is 8.77. The van der Waals surface area contributed by atoms with Gasteiger partial charge in [-0.3, -0.25) is 4.79 Å². The Morgan fingerprint density at radius 3 is 2.71 bits per heavy atom. The van der Waals surface area contributed by atoms with Gasteiger partial charge in [0.25, 0.3) is 5.91 Å². The van der Waals surface area contributed by atoms with Gasteiger partial charge in [0.15, 0.2) is 5.17 Å². The van der Waals surface area contributed by atoms with E-state index in [2.05, 4.69) is 16.8 Å². The lowest BCUT2D eigenvalue weighted by atomic mass is 10.2. The molecular formula is C19H24N2O2S. The van der Waals surface area contributed by atoms with Crippen molar-refractivity contribution in [1.82, 2.24) is 4.90 Å². The van der Waals surface area contributed by atoms with Crippen molar-refractivity contribution in [3.8, 4) is 5.75 Å². The molecule has 2 heterocycles. The lowest BCUT2D eigenvalue weighted by Crippen LogP contribution is -2.28. The molecule has 1 aromatic rings. The van der Waals surface area contributed by atoms with Gasteiger partial charge in [0.1, 0.15) is 5.75 Å². The van der Waals surface area contributed by atoms with Crippen molar-refractivity contribution in [1.29, 1.82) is 0 Å². The molecule has 0 bridgehead atoms. The van der Waals surface area contributed by atoms with Crippen LogP contribution in [0.2, 0.25) is 0 Å². The van der Waals surface area contributed by atoms with E-state index in [9.17, 15) is 4.79 Å². The second-order valence-corrected chi connectivity index (χ2v) is 7.11. The molecule has 0 aromatic heterocycles. The number of benzene rings is 1. The number of amides is 1. The van der Waals surface area contributed by atoms with Gasteiger partial charge < -0.3 is 9.64 Å². The SMILES string of the molecule is CCCOc1ccccc1C=C1SC(N2CCCCCC2)=NC1=O. The van der Waals surface area contributed by atoms with Gasteiger partial charge >= 0.3 is 0 Å². The van der Waals surface area contributed by atoms with Crippen LogP contribution in [-0.2, 0) is 4.79 Å². The Balaban J connectivity index is 1.74. The Morgan fingerprint density at radius 2 is 1.96 bits per heavy atom. The molecule has 24 heavy (non-hydrogen) atoms. The van der Waals surface area contributed by atoms with Crippen LogP contribution in [0.4, 0.5) is 0 Å². The molecule has 128 valence electrons. The highest BCUT2D eigenvalue weighted by molar-refractivity contribution is 8.18. The van der Waals surface area contributed by atoms with Gasteiger partial charge in [0.2, 0.25) is 0 Å².